The summed E-state index contributed by atoms with van der Waals surface area (Å²) in [5.74, 6) is -0.290. The molecule has 1 aliphatic carbocycles. The van der Waals surface area contributed by atoms with Crippen LogP contribution in [0.4, 0.5) is 24.9 Å². The Hall–Kier alpha value is -3.85. The molecule has 2 fully saturated rings. The lowest BCUT2D eigenvalue weighted by molar-refractivity contribution is -0.142. The van der Waals surface area contributed by atoms with Crippen LogP contribution in [0.2, 0.25) is 0 Å². The summed E-state index contributed by atoms with van der Waals surface area (Å²) in [6, 6.07) is -0.267. The molecule has 0 radical (unpaired) electrons. The molecule has 12 nitrogen and oxygen atoms in total. The van der Waals surface area contributed by atoms with Crippen LogP contribution in [0.25, 0.3) is 11.3 Å². The standard InChI is InChI=1S/C25H29F3N8O4/c1-35-11-15(7-32-35)20-9-30-21(10-29-20)36(22(37)14-38-2)17-5-3-16(4-6-17)33-24-31-8-19(25(26,27)28)23(34-24)40-18-12-39-13-18/h7-11,16-18H,3-6,12-14H2,1-2H3,(H,31,33,34)/t16-,17-. The van der Waals surface area contributed by atoms with Gasteiger partial charge in [-0.3, -0.25) is 19.4 Å². The van der Waals surface area contributed by atoms with E-state index in [1.807, 2.05) is 13.2 Å². The smallest absolute Gasteiger partial charge is 0.423 e. The second-order valence-corrected chi connectivity index (χ2v) is 9.70. The second-order valence-electron chi connectivity index (χ2n) is 9.70. The number of ether oxygens (including phenoxy) is 3. The van der Waals surface area contributed by atoms with Crippen molar-refractivity contribution in [2.45, 2.75) is 50.0 Å². The zero-order valence-electron chi connectivity index (χ0n) is 22.0. The first kappa shape index (κ1) is 27.7. The van der Waals surface area contributed by atoms with Gasteiger partial charge in [-0.05, 0) is 25.7 Å². The molecule has 3 aromatic heterocycles. The molecule has 0 aromatic carbocycles. The van der Waals surface area contributed by atoms with Crippen LogP contribution >= 0.6 is 0 Å². The second kappa shape index (κ2) is 11.7. The van der Waals surface area contributed by atoms with Gasteiger partial charge in [0.05, 0.1) is 37.5 Å². The fraction of sp³-hybridized carbons (Fsp3) is 0.520. The Balaban J connectivity index is 1.26. The quantitative estimate of drug-likeness (QED) is 0.416. The number of aromatic nitrogens is 6. The maximum Gasteiger partial charge on any atom is 0.423 e. The minimum atomic E-state index is -4.65. The van der Waals surface area contributed by atoms with Gasteiger partial charge in [-0.1, -0.05) is 0 Å². The average Bonchev–Trinajstić information content (AvgIpc) is 3.34. The topological polar surface area (TPSA) is 129 Å². The summed E-state index contributed by atoms with van der Waals surface area (Å²) < 4.78 is 57.5. The summed E-state index contributed by atoms with van der Waals surface area (Å²) in [7, 11) is 3.26. The fourth-order valence-electron chi connectivity index (χ4n) is 4.68. The Morgan fingerprint density at radius 2 is 1.90 bits per heavy atom. The minimum Gasteiger partial charge on any atom is -0.469 e. The van der Waals surface area contributed by atoms with Crippen molar-refractivity contribution < 1.29 is 32.2 Å². The van der Waals surface area contributed by atoms with Crippen molar-refractivity contribution in [3.63, 3.8) is 0 Å². The van der Waals surface area contributed by atoms with E-state index in [1.165, 1.54) is 7.11 Å². The van der Waals surface area contributed by atoms with E-state index in [9.17, 15) is 18.0 Å². The summed E-state index contributed by atoms with van der Waals surface area (Å²) in [6.07, 6.45) is 4.75. The third kappa shape index (κ3) is 6.31. The number of carbonyl (C=O) groups is 1. The van der Waals surface area contributed by atoms with Crippen molar-refractivity contribution in [1.82, 2.24) is 29.7 Å². The number of methoxy groups -OCH3 is 1. The third-order valence-corrected chi connectivity index (χ3v) is 6.76. The molecule has 1 amide bonds. The van der Waals surface area contributed by atoms with Crippen molar-refractivity contribution in [2.75, 3.05) is 37.1 Å². The van der Waals surface area contributed by atoms with Crippen LogP contribution in [-0.4, -0.2) is 80.7 Å². The molecule has 214 valence electrons. The molecule has 4 heterocycles. The number of nitrogens with one attached hydrogen (secondary N) is 1. The molecule has 15 heteroatoms. The number of hydrogen-bond donors (Lipinski definition) is 1. The molecule has 0 unspecified atom stereocenters. The zero-order chi connectivity index (χ0) is 28.3. The predicted octanol–water partition coefficient (Wildman–Crippen LogP) is 2.87. The number of hydrogen-bond acceptors (Lipinski definition) is 10. The van der Waals surface area contributed by atoms with Crippen LogP contribution in [0.15, 0.2) is 31.0 Å². The fourth-order valence-corrected chi connectivity index (χ4v) is 4.68. The van der Waals surface area contributed by atoms with Gasteiger partial charge in [0, 0.05) is 44.2 Å². The van der Waals surface area contributed by atoms with E-state index in [1.54, 1.807) is 28.2 Å². The molecule has 1 aliphatic heterocycles. The monoisotopic (exact) mass is 562 g/mol. The zero-order valence-corrected chi connectivity index (χ0v) is 22.0. The number of amides is 1. The summed E-state index contributed by atoms with van der Waals surface area (Å²) in [4.78, 5) is 31.5. The highest BCUT2D eigenvalue weighted by atomic mass is 19.4. The van der Waals surface area contributed by atoms with Gasteiger partial charge in [-0.15, -0.1) is 0 Å². The molecule has 0 spiro atoms. The molecule has 1 saturated carbocycles. The number of aryl methyl sites for hydroxylation is 1. The molecule has 0 bridgehead atoms. The van der Waals surface area contributed by atoms with Gasteiger partial charge in [-0.25, -0.2) is 9.97 Å². The van der Waals surface area contributed by atoms with Gasteiger partial charge in [0.25, 0.3) is 5.91 Å². The average molecular weight is 563 g/mol. The van der Waals surface area contributed by atoms with Crippen molar-refractivity contribution in [1.29, 1.82) is 0 Å². The summed E-state index contributed by atoms with van der Waals surface area (Å²) in [6.45, 7) is 0.310. The highest BCUT2D eigenvalue weighted by molar-refractivity contribution is 5.94. The first-order valence-corrected chi connectivity index (χ1v) is 12.8. The number of halogens is 3. The van der Waals surface area contributed by atoms with Crippen molar-refractivity contribution in [2.24, 2.45) is 7.05 Å². The van der Waals surface area contributed by atoms with Gasteiger partial charge in [0.2, 0.25) is 11.8 Å². The minimum absolute atomic E-state index is 0.0517. The number of nitrogens with zero attached hydrogens (tertiary/aromatic N) is 7. The van der Waals surface area contributed by atoms with Gasteiger partial charge < -0.3 is 19.5 Å². The Kier molecular flexibility index (Phi) is 8.12. The van der Waals surface area contributed by atoms with Crippen LogP contribution in [0, 0.1) is 0 Å². The van der Waals surface area contributed by atoms with E-state index in [4.69, 9.17) is 14.2 Å². The Morgan fingerprint density at radius 3 is 2.48 bits per heavy atom. The summed E-state index contributed by atoms with van der Waals surface area (Å²) in [5, 5.41) is 7.27. The Labute approximate surface area is 227 Å². The molecule has 3 aromatic rings. The van der Waals surface area contributed by atoms with Crippen molar-refractivity contribution >= 4 is 17.7 Å². The van der Waals surface area contributed by atoms with Gasteiger partial charge in [-0.2, -0.15) is 23.3 Å². The van der Waals surface area contributed by atoms with Crippen LogP contribution in [0.1, 0.15) is 31.2 Å². The molecule has 2 aliphatic rings. The molecule has 0 atom stereocenters. The molecule has 1 N–H and O–H groups in total. The molecule has 5 rings (SSSR count). The lowest BCUT2D eigenvalue weighted by atomic mass is 9.90. The lowest BCUT2D eigenvalue weighted by Gasteiger charge is -2.36. The SMILES string of the molecule is COCC(=O)N(c1cnc(-c2cnn(C)c2)cn1)[C@H]1CC[C@H](Nc2ncc(C(F)(F)F)c(OC3COC3)n2)CC1. The maximum absolute atomic E-state index is 13.4. The van der Waals surface area contributed by atoms with E-state index < -0.39 is 23.7 Å². The van der Waals surface area contributed by atoms with Crippen molar-refractivity contribution in [3.05, 3.63) is 36.5 Å². The van der Waals surface area contributed by atoms with E-state index in [2.05, 4.69) is 30.4 Å². The maximum atomic E-state index is 13.4. The number of carbonyl (C=O) groups excluding carboxylic acids is 1. The van der Waals surface area contributed by atoms with E-state index in [0.29, 0.717) is 37.2 Å². The molecular formula is C25H29F3N8O4. The van der Waals surface area contributed by atoms with Crippen LogP contribution in [-0.2, 0) is 27.5 Å². The van der Waals surface area contributed by atoms with Crippen molar-refractivity contribution in [3.8, 4) is 17.1 Å². The first-order valence-electron chi connectivity index (χ1n) is 12.8. The van der Waals surface area contributed by atoms with Gasteiger partial charge in [0.15, 0.2) is 5.82 Å². The van der Waals surface area contributed by atoms with E-state index in [0.717, 1.165) is 11.8 Å². The van der Waals surface area contributed by atoms with E-state index in [-0.39, 0.29) is 43.8 Å². The number of rotatable bonds is 9. The van der Waals surface area contributed by atoms with Gasteiger partial charge >= 0.3 is 6.18 Å². The van der Waals surface area contributed by atoms with Crippen LogP contribution < -0.4 is 15.0 Å². The summed E-state index contributed by atoms with van der Waals surface area (Å²) in [5.41, 5.74) is 0.410. The largest absolute Gasteiger partial charge is 0.469 e. The van der Waals surface area contributed by atoms with Crippen LogP contribution in [0.5, 0.6) is 5.88 Å². The number of alkyl halides is 3. The van der Waals surface area contributed by atoms with Gasteiger partial charge in [0.1, 0.15) is 18.3 Å². The summed E-state index contributed by atoms with van der Waals surface area (Å²) >= 11 is 0. The normalized spacial score (nSPS) is 19.6. The highest BCUT2D eigenvalue weighted by Gasteiger charge is 2.38. The van der Waals surface area contributed by atoms with E-state index >= 15 is 0 Å². The highest BCUT2D eigenvalue weighted by Crippen LogP contribution is 2.36. The Bertz CT molecular complexity index is 1310. The molecule has 40 heavy (non-hydrogen) atoms. The Morgan fingerprint density at radius 1 is 1.12 bits per heavy atom. The first-order chi connectivity index (χ1) is 19.2. The predicted molar refractivity (Wildman–Crippen MR) is 136 cm³/mol. The lowest BCUT2D eigenvalue weighted by Crippen LogP contribution is -2.46. The molecular weight excluding hydrogens is 533 g/mol. The molecule has 1 saturated heterocycles. The number of anilines is 2. The third-order valence-electron chi connectivity index (χ3n) is 6.76. The van der Waals surface area contributed by atoms with Crippen LogP contribution in [0.3, 0.4) is 0 Å².